The standard InChI is InChI=1S/C20H17BrCl2N2O/c21-16-8-6-14(7-9-16)11-20(12-22,13-23)19(26)25-17-5-1-3-15-4-2-10-24-18(15)17/h1-10H,11-13H2,(H,25,26). The van der Waals surface area contributed by atoms with E-state index in [1.165, 1.54) is 0 Å². The highest BCUT2D eigenvalue weighted by atomic mass is 79.9. The van der Waals surface area contributed by atoms with Crippen LogP contribution in [0.3, 0.4) is 0 Å². The van der Waals surface area contributed by atoms with Crippen molar-refractivity contribution in [3.05, 3.63) is 70.8 Å². The minimum atomic E-state index is -0.909. The van der Waals surface area contributed by atoms with Gasteiger partial charge < -0.3 is 5.32 Å². The highest BCUT2D eigenvalue weighted by Crippen LogP contribution is 2.30. The average molecular weight is 452 g/mol. The molecule has 1 amide bonds. The normalized spacial score (nSPS) is 11.5. The molecule has 2 aromatic carbocycles. The Morgan fingerprint density at radius 1 is 1.04 bits per heavy atom. The third-order valence-electron chi connectivity index (χ3n) is 4.33. The zero-order valence-electron chi connectivity index (χ0n) is 13.9. The van der Waals surface area contributed by atoms with Gasteiger partial charge in [-0.25, -0.2) is 0 Å². The summed E-state index contributed by atoms with van der Waals surface area (Å²) in [5, 5.41) is 3.94. The number of alkyl halides is 2. The number of carbonyl (C=O) groups is 1. The number of para-hydroxylation sites is 1. The molecule has 0 aliphatic rings. The van der Waals surface area contributed by atoms with Crippen LogP contribution in [0.4, 0.5) is 5.69 Å². The van der Waals surface area contributed by atoms with Crippen molar-refractivity contribution in [2.45, 2.75) is 6.42 Å². The van der Waals surface area contributed by atoms with Crippen LogP contribution in [0.1, 0.15) is 5.56 Å². The number of nitrogens with one attached hydrogen (secondary N) is 1. The van der Waals surface area contributed by atoms with E-state index < -0.39 is 5.41 Å². The van der Waals surface area contributed by atoms with Gasteiger partial charge in [-0.3, -0.25) is 9.78 Å². The van der Waals surface area contributed by atoms with Crippen molar-refractivity contribution in [3.8, 4) is 0 Å². The van der Waals surface area contributed by atoms with Crippen molar-refractivity contribution in [2.24, 2.45) is 5.41 Å². The maximum absolute atomic E-state index is 13.1. The molecule has 134 valence electrons. The van der Waals surface area contributed by atoms with E-state index >= 15 is 0 Å². The van der Waals surface area contributed by atoms with Crippen molar-refractivity contribution >= 4 is 61.6 Å². The molecule has 3 aromatic rings. The molecule has 0 aliphatic heterocycles. The fourth-order valence-electron chi connectivity index (χ4n) is 2.78. The van der Waals surface area contributed by atoms with Crippen LogP contribution in [0.15, 0.2) is 65.3 Å². The van der Waals surface area contributed by atoms with Crippen LogP contribution < -0.4 is 5.32 Å². The third kappa shape index (κ3) is 4.03. The Labute approximate surface area is 170 Å². The minimum absolute atomic E-state index is 0.122. The predicted molar refractivity (Wildman–Crippen MR) is 112 cm³/mol. The molecule has 26 heavy (non-hydrogen) atoms. The van der Waals surface area contributed by atoms with E-state index in [1.807, 2.05) is 54.6 Å². The maximum Gasteiger partial charge on any atom is 0.233 e. The maximum atomic E-state index is 13.1. The molecule has 0 atom stereocenters. The second-order valence-electron chi connectivity index (χ2n) is 6.19. The molecule has 0 unspecified atom stereocenters. The molecule has 1 heterocycles. The summed E-state index contributed by atoms with van der Waals surface area (Å²) < 4.78 is 0.981. The Morgan fingerprint density at radius 3 is 2.42 bits per heavy atom. The van der Waals surface area contributed by atoms with E-state index in [1.54, 1.807) is 6.20 Å². The van der Waals surface area contributed by atoms with Gasteiger partial charge in [0.25, 0.3) is 0 Å². The quantitative estimate of drug-likeness (QED) is 0.492. The van der Waals surface area contributed by atoms with Crippen LogP contribution >= 0.6 is 39.1 Å². The monoisotopic (exact) mass is 450 g/mol. The molecule has 0 saturated carbocycles. The molecular weight excluding hydrogens is 435 g/mol. The van der Waals surface area contributed by atoms with Crippen LogP contribution in [0.25, 0.3) is 10.9 Å². The van der Waals surface area contributed by atoms with Gasteiger partial charge in [0.1, 0.15) is 0 Å². The number of nitrogens with zero attached hydrogens (tertiary/aromatic N) is 1. The largest absolute Gasteiger partial charge is 0.324 e. The first-order chi connectivity index (χ1) is 12.6. The summed E-state index contributed by atoms with van der Waals surface area (Å²) in [6.07, 6.45) is 2.16. The van der Waals surface area contributed by atoms with E-state index in [2.05, 4.69) is 26.2 Å². The van der Waals surface area contributed by atoms with Gasteiger partial charge in [0.15, 0.2) is 0 Å². The van der Waals surface area contributed by atoms with Crippen molar-refractivity contribution in [2.75, 3.05) is 17.1 Å². The number of halogens is 3. The number of hydrogen-bond donors (Lipinski definition) is 1. The van der Waals surface area contributed by atoms with Gasteiger partial charge in [-0.05, 0) is 36.2 Å². The molecule has 0 spiro atoms. The summed E-state index contributed by atoms with van der Waals surface area (Å²) in [6, 6.07) is 17.3. The predicted octanol–water partition coefficient (Wildman–Crippen LogP) is 5.64. The molecule has 0 radical (unpaired) electrons. The number of pyridine rings is 1. The van der Waals surface area contributed by atoms with Gasteiger partial charge in [0, 0.05) is 27.8 Å². The molecule has 1 aromatic heterocycles. The summed E-state index contributed by atoms with van der Waals surface area (Å²) >= 11 is 15.8. The molecule has 6 heteroatoms. The number of aromatic nitrogens is 1. The first-order valence-corrected chi connectivity index (χ1v) is 9.96. The van der Waals surface area contributed by atoms with Gasteiger partial charge in [-0.1, -0.05) is 46.3 Å². The van der Waals surface area contributed by atoms with Crippen molar-refractivity contribution < 1.29 is 4.79 Å². The summed E-state index contributed by atoms with van der Waals surface area (Å²) in [5.74, 6) is 0.0382. The minimum Gasteiger partial charge on any atom is -0.324 e. The fourth-order valence-corrected chi connectivity index (χ4v) is 3.77. The van der Waals surface area contributed by atoms with Crippen LogP contribution in [-0.2, 0) is 11.2 Å². The lowest BCUT2D eigenvalue weighted by Gasteiger charge is -2.28. The molecule has 1 N–H and O–H groups in total. The van der Waals surface area contributed by atoms with Gasteiger partial charge in [0.2, 0.25) is 5.91 Å². The van der Waals surface area contributed by atoms with E-state index in [4.69, 9.17) is 23.2 Å². The number of carbonyl (C=O) groups excluding carboxylic acids is 1. The number of fused-ring (bicyclic) bond motifs is 1. The van der Waals surface area contributed by atoms with Crippen LogP contribution in [-0.4, -0.2) is 22.7 Å². The second kappa shape index (κ2) is 8.38. The van der Waals surface area contributed by atoms with Crippen molar-refractivity contribution in [1.82, 2.24) is 4.98 Å². The van der Waals surface area contributed by atoms with Crippen LogP contribution in [0, 0.1) is 5.41 Å². The molecule has 3 rings (SSSR count). The zero-order valence-corrected chi connectivity index (χ0v) is 17.0. The Bertz CT molecular complexity index is 906. The van der Waals surface area contributed by atoms with Crippen LogP contribution in [0.2, 0.25) is 0 Å². The Morgan fingerprint density at radius 2 is 1.73 bits per heavy atom. The highest BCUT2D eigenvalue weighted by molar-refractivity contribution is 9.10. The molecule has 0 bridgehead atoms. The smallest absolute Gasteiger partial charge is 0.233 e. The van der Waals surface area contributed by atoms with E-state index in [-0.39, 0.29) is 17.7 Å². The molecule has 3 nitrogen and oxygen atoms in total. The highest BCUT2D eigenvalue weighted by Gasteiger charge is 2.37. The molecule has 0 fully saturated rings. The van der Waals surface area contributed by atoms with Gasteiger partial charge in [0.05, 0.1) is 16.6 Å². The summed E-state index contributed by atoms with van der Waals surface area (Å²) in [6.45, 7) is 0. The van der Waals surface area contributed by atoms with Crippen molar-refractivity contribution in [3.63, 3.8) is 0 Å². The number of benzene rings is 2. The SMILES string of the molecule is O=C(Nc1cccc2cccnc12)C(CCl)(CCl)Cc1ccc(Br)cc1. The number of rotatable bonds is 6. The Hall–Kier alpha value is -1.62. The Kier molecular flexibility index (Phi) is 6.17. The van der Waals surface area contributed by atoms with Gasteiger partial charge in [-0.15, -0.1) is 23.2 Å². The number of hydrogen-bond acceptors (Lipinski definition) is 2. The first-order valence-electron chi connectivity index (χ1n) is 8.09. The first kappa shape index (κ1) is 19.2. The lowest BCUT2D eigenvalue weighted by molar-refractivity contribution is -0.123. The third-order valence-corrected chi connectivity index (χ3v) is 5.88. The molecule has 0 saturated heterocycles. The van der Waals surface area contributed by atoms with E-state index in [9.17, 15) is 4.79 Å². The second-order valence-corrected chi connectivity index (χ2v) is 7.64. The average Bonchev–Trinajstić information content (AvgIpc) is 2.68. The Balaban J connectivity index is 1.89. The number of amides is 1. The lowest BCUT2D eigenvalue weighted by Crippen LogP contribution is -2.41. The summed E-state index contributed by atoms with van der Waals surface area (Å²) in [5.41, 5.74) is 1.49. The summed E-state index contributed by atoms with van der Waals surface area (Å²) in [7, 11) is 0. The zero-order chi connectivity index (χ0) is 18.6. The van der Waals surface area contributed by atoms with Gasteiger partial charge >= 0.3 is 0 Å². The van der Waals surface area contributed by atoms with E-state index in [0.717, 1.165) is 20.9 Å². The molecular formula is C20H17BrCl2N2O. The van der Waals surface area contributed by atoms with Crippen LogP contribution in [0.5, 0.6) is 0 Å². The molecule has 0 aliphatic carbocycles. The van der Waals surface area contributed by atoms with E-state index in [0.29, 0.717) is 12.1 Å². The number of anilines is 1. The fraction of sp³-hybridized carbons (Fsp3) is 0.200. The lowest BCUT2D eigenvalue weighted by atomic mass is 9.84. The topological polar surface area (TPSA) is 42.0 Å². The summed E-state index contributed by atoms with van der Waals surface area (Å²) in [4.78, 5) is 17.5. The van der Waals surface area contributed by atoms with Gasteiger partial charge in [-0.2, -0.15) is 0 Å². The van der Waals surface area contributed by atoms with Crippen molar-refractivity contribution in [1.29, 1.82) is 0 Å².